The molecule has 10 heteroatoms. The van der Waals surface area contributed by atoms with Crippen LogP contribution < -0.4 is 9.47 Å². The van der Waals surface area contributed by atoms with Crippen LogP contribution in [0.25, 0.3) is 6.08 Å². The molecule has 1 aliphatic heterocycles. The van der Waals surface area contributed by atoms with E-state index in [1.54, 1.807) is 31.4 Å². The second-order valence-electron chi connectivity index (χ2n) is 6.23. The van der Waals surface area contributed by atoms with Crippen molar-refractivity contribution in [3.63, 3.8) is 0 Å². The third kappa shape index (κ3) is 5.12. The smallest absolute Gasteiger partial charge is 0.284 e. The lowest BCUT2D eigenvalue weighted by molar-refractivity contribution is -0.121. The maximum atomic E-state index is 12.9. The van der Waals surface area contributed by atoms with Gasteiger partial charge in [0.15, 0.2) is 5.17 Å². The first-order chi connectivity index (χ1) is 14.8. The number of hydrogen-bond acceptors (Lipinski definition) is 6. The van der Waals surface area contributed by atoms with Gasteiger partial charge in [-0.25, -0.2) is 0 Å². The molecule has 0 unspecified atom stereocenters. The highest BCUT2D eigenvalue weighted by Crippen LogP contribution is 2.36. The minimum absolute atomic E-state index is 0.0229. The first kappa shape index (κ1) is 22.9. The average molecular weight is 479 g/mol. The van der Waals surface area contributed by atoms with Crippen LogP contribution in [0.2, 0.25) is 5.02 Å². The van der Waals surface area contributed by atoms with E-state index in [2.05, 4.69) is 11.0 Å². The second-order valence-corrected chi connectivity index (χ2v) is 9.28. The first-order valence-electron chi connectivity index (χ1n) is 8.94. The summed E-state index contributed by atoms with van der Waals surface area (Å²) in [6.07, 6.45) is 3.12. The van der Waals surface area contributed by atoms with E-state index in [1.807, 2.05) is 0 Å². The molecule has 0 aromatic heterocycles. The lowest BCUT2D eigenvalue weighted by Crippen LogP contribution is -2.29. The van der Waals surface area contributed by atoms with Crippen molar-refractivity contribution < 1.29 is 22.7 Å². The average Bonchev–Trinajstić information content (AvgIpc) is 3.03. The SMILES string of the molecule is C=CCN1C(=O)/C(=C/c2ccc(OC)cc2OC)SC1=NS(=O)(=O)c1ccc(Cl)cc1. The summed E-state index contributed by atoms with van der Waals surface area (Å²) in [6.45, 7) is 3.75. The molecule has 0 saturated carbocycles. The van der Waals surface area contributed by atoms with Gasteiger partial charge in [0.05, 0.1) is 24.0 Å². The number of nitrogens with zero attached hydrogens (tertiary/aromatic N) is 2. The van der Waals surface area contributed by atoms with Gasteiger partial charge in [0.2, 0.25) is 0 Å². The van der Waals surface area contributed by atoms with Gasteiger partial charge in [-0.15, -0.1) is 11.0 Å². The van der Waals surface area contributed by atoms with Crippen molar-refractivity contribution in [3.05, 3.63) is 70.6 Å². The summed E-state index contributed by atoms with van der Waals surface area (Å²) in [7, 11) is -0.990. The number of hydrogen-bond donors (Lipinski definition) is 0. The number of carbonyl (C=O) groups excluding carboxylic acids is 1. The van der Waals surface area contributed by atoms with E-state index < -0.39 is 10.0 Å². The molecule has 1 saturated heterocycles. The number of benzene rings is 2. The van der Waals surface area contributed by atoms with Gasteiger partial charge in [0.25, 0.3) is 15.9 Å². The van der Waals surface area contributed by atoms with E-state index in [0.717, 1.165) is 11.8 Å². The number of halogens is 1. The molecule has 1 heterocycles. The fourth-order valence-corrected chi connectivity index (χ4v) is 5.01. The van der Waals surface area contributed by atoms with Crippen molar-refractivity contribution in [3.8, 4) is 11.5 Å². The summed E-state index contributed by atoms with van der Waals surface area (Å²) in [5, 5.41) is 0.447. The third-order valence-electron chi connectivity index (χ3n) is 4.24. The third-order valence-corrected chi connectivity index (χ3v) is 6.89. The molecule has 2 aromatic rings. The molecular weight excluding hydrogens is 460 g/mol. The highest BCUT2D eigenvalue weighted by molar-refractivity contribution is 8.19. The van der Waals surface area contributed by atoms with Crippen molar-refractivity contribution >= 4 is 50.5 Å². The summed E-state index contributed by atoms with van der Waals surface area (Å²) < 4.78 is 39.9. The quantitative estimate of drug-likeness (QED) is 0.438. The number of carbonyl (C=O) groups is 1. The largest absolute Gasteiger partial charge is 0.497 e. The molecule has 1 aliphatic rings. The summed E-state index contributed by atoms with van der Waals surface area (Å²) >= 11 is 6.79. The topological polar surface area (TPSA) is 85.3 Å². The minimum atomic E-state index is -4.04. The number of methoxy groups -OCH3 is 2. The second kappa shape index (κ2) is 9.59. The van der Waals surface area contributed by atoms with E-state index in [1.165, 1.54) is 42.4 Å². The number of sulfonamides is 1. The predicted octanol–water partition coefficient (Wildman–Crippen LogP) is 4.20. The van der Waals surface area contributed by atoms with Crippen LogP contribution in [0.15, 0.2) is 69.3 Å². The van der Waals surface area contributed by atoms with Gasteiger partial charge in [0, 0.05) is 23.2 Å². The maximum Gasteiger partial charge on any atom is 0.284 e. The van der Waals surface area contributed by atoms with Crippen molar-refractivity contribution in [2.45, 2.75) is 4.90 Å². The molecule has 1 amide bonds. The lowest BCUT2D eigenvalue weighted by Gasteiger charge is -2.12. The van der Waals surface area contributed by atoms with Crippen LogP contribution in [-0.2, 0) is 14.8 Å². The molecule has 0 spiro atoms. The van der Waals surface area contributed by atoms with E-state index in [-0.39, 0.29) is 22.5 Å². The molecule has 31 heavy (non-hydrogen) atoms. The fourth-order valence-electron chi connectivity index (χ4n) is 2.71. The Hall–Kier alpha value is -2.75. The van der Waals surface area contributed by atoms with E-state index in [0.29, 0.717) is 27.0 Å². The van der Waals surface area contributed by atoms with E-state index in [4.69, 9.17) is 21.1 Å². The van der Waals surface area contributed by atoms with Gasteiger partial charge in [-0.1, -0.05) is 17.7 Å². The zero-order valence-electron chi connectivity index (χ0n) is 16.7. The molecule has 0 aliphatic carbocycles. The number of amides is 1. The van der Waals surface area contributed by atoms with Gasteiger partial charge in [-0.2, -0.15) is 8.42 Å². The summed E-state index contributed by atoms with van der Waals surface area (Å²) in [5.74, 6) is 0.733. The van der Waals surface area contributed by atoms with Crippen molar-refractivity contribution in [2.75, 3.05) is 20.8 Å². The van der Waals surface area contributed by atoms with Crippen LogP contribution in [0.3, 0.4) is 0 Å². The highest BCUT2D eigenvalue weighted by Gasteiger charge is 2.34. The number of amidine groups is 1. The highest BCUT2D eigenvalue weighted by atomic mass is 35.5. The van der Waals surface area contributed by atoms with Crippen LogP contribution >= 0.6 is 23.4 Å². The number of rotatable bonds is 7. The first-order valence-corrected chi connectivity index (χ1v) is 11.6. The molecule has 0 radical (unpaired) electrons. The monoisotopic (exact) mass is 478 g/mol. The zero-order valence-corrected chi connectivity index (χ0v) is 19.1. The van der Waals surface area contributed by atoms with Crippen molar-refractivity contribution in [1.29, 1.82) is 0 Å². The van der Waals surface area contributed by atoms with Crippen LogP contribution in [0.1, 0.15) is 5.56 Å². The van der Waals surface area contributed by atoms with Gasteiger partial charge in [0.1, 0.15) is 11.5 Å². The van der Waals surface area contributed by atoms with Crippen LogP contribution in [0.4, 0.5) is 0 Å². The summed E-state index contributed by atoms with van der Waals surface area (Å²) in [5.41, 5.74) is 0.638. The maximum absolute atomic E-state index is 12.9. The summed E-state index contributed by atoms with van der Waals surface area (Å²) in [4.78, 5) is 14.5. The standard InChI is InChI=1S/C21H19ClN2O5S2/c1-4-11-24-20(25)19(12-14-5-8-16(28-2)13-18(14)29-3)30-21(24)23-31(26,27)17-9-6-15(22)7-10-17/h4-10,12-13H,1,11H2,2-3H3/b19-12-,23-21?. The molecule has 2 aromatic carbocycles. The Kier molecular flexibility index (Phi) is 7.09. The van der Waals surface area contributed by atoms with Crippen LogP contribution in [0.5, 0.6) is 11.5 Å². The molecule has 1 fully saturated rings. The molecule has 162 valence electrons. The van der Waals surface area contributed by atoms with Gasteiger partial charge in [-0.05, 0) is 54.2 Å². The normalized spacial score (nSPS) is 16.7. The van der Waals surface area contributed by atoms with E-state index >= 15 is 0 Å². The van der Waals surface area contributed by atoms with E-state index in [9.17, 15) is 13.2 Å². The molecular formula is C21H19ClN2O5S2. The molecule has 0 N–H and O–H groups in total. The predicted molar refractivity (Wildman–Crippen MR) is 123 cm³/mol. The Balaban J connectivity index is 2.01. The Bertz CT molecular complexity index is 1170. The van der Waals surface area contributed by atoms with Gasteiger partial charge >= 0.3 is 0 Å². The van der Waals surface area contributed by atoms with Gasteiger partial charge < -0.3 is 9.47 Å². The molecule has 0 atom stereocenters. The lowest BCUT2D eigenvalue weighted by atomic mass is 10.1. The Morgan fingerprint density at radius 3 is 2.48 bits per heavy atom. The fraction of sp³-hybridized carbons (Fsp3) is 0.143. The van der Waals surface area contributed by atoms with Crippen LogP contribution in [0, 0.1) is 0 Å². The molecule has 3 rings (SSSR count). The minimum Gasteiger partial charge on any atom is -0.497 e. The Labute approximate surface area is 190 Å². The van der Waals surface area contributed by atoms with Crippen molar-refractivity contribution in [1.82, 2.24) is 4.90 Å². The number of thioether (sulfide) groups is 1. The van der Waals surface area contributed by atoms with Crippen molar-refractivity contribution in [2.24, 2.45) is 4.40 Å². The number of ether oxygens (including phenoxy) is 2. The molecule has 0 bridgehead atoms. The van der Waals surface area contributed by atoms with Gasteiger partial charge in [-0.3, -0.25) is 9.69 Å². The Morgan fingerprint density at radius 1 is 1.16 bits per heavy atom. The summed E-state index contributed by atoms with van der Waals surface area (Å²) in [6, 6.07) is 10.8. The molecule has 7 nitrogen and oxygen atoms in total. The zero-order chi connectivity index (χ0) is 22.6. The Morgan fingerprint density at radius 2 is 1.87 bits per heavy atom. The van der Waals surface area contributed by atoms with Crippen LogP contribution in [-0.4, -0.2) is 45.2 Å².